The Kier molecular flexibility index (Phi) is 9.75. The van der Waals surface area contributed by atoms with Crippen LogP contribution in [0.5, 0.6) is 0 Å². The van der Waals surface area contributed by atoms with Gasteiger partial charge in [0.25, 0.3) is 0 Å². The lowest BCUT2D eigenvalue weighted by molar-refractivity contribution is -0.156. The molecule has 5 nitrogen and oxygen atoms in total. The summed E-state index contributed by atoms with van der Waals surface area (Å²) in [4.78, 5) is 33.5. The van der Waals surface area contributed by atoms with Crippen LogP contribution in [0.4, 0.5) is 0 Å². The smallest absolute Gasteiger partial charge is 0.307 e. The lowest BCUT2D eigenvalue weighted by Crippen LogP contribution is -2.22. The molecule has 0 aromatic heterocycles. The van der Waals surface area contributed by atoms with E-state index in [1.165, 1.54) is 13.8 Å². The Bertz CT molecular complexity index is 298. The first-order chi connectivity index (χ1) is 8.97. The fraction of sp³-hybridized carbons (Fsp3) is 0.786. The summed E-state index contributed by atoms with van der Waals surface area (Å²) >= 11 is 0. The highest BCUT2D eigenvalue weighted by Gasteiger charge is 2.15. The highest BCUT2D eigenvalue weighted by Crippen LogP contribution is 2.02. The number of hydrogen-bond donors (Lipinski definition) is 0. The topological polar surface area (TPSA) is 69.7 Å². The maximum Gasteiger partial charge on any atom is 0.307 e. The van der Waals surface area contributed by atoms with Crippen molar-refractivity contribution in [2.75, 3.05) is 6.61 Å². The maximum absolute atomic E-state index is 11.3. The zero-order valence-electron chi connectivity index (χ0n) is 12.1. The van der Waals surface area contributed by atoms with Gasteiger partial charge in [-0.25, -0.2) is 0 Å². The molecule has 0 aliphatic heterocycles. The Balaban J connectivity index is 3.61. The number of ketones is 1. The van der Waals surface area contributed by atoms with E-state index >= 15 is 0 Å². The van der Waals surface area contributed by atoms with Crippen LogP contribution in [0.25, 0.3) is 0 Å². The lowest BCUT2D eigenvalue weighted by atomic mass is 10.2. The summed E-state index contributed by atoms with van der Waals surface area (Å²) in [6.07, 6.45) is 3.36. The number of Topliss-reactive ketones (excluding diaryl/α,β-unsaturated/α-hetero) is 1. The number of carbonyl (C=O) groups excluding carboxylic acids is 3. The predicted octanol–water partition coefficient (Wildman–Crippen LogP) is 2.41. The second-order valence-corrected chi connectivity index (χ2v) is 4.52. The van der Waals surface area contributed by atoms with Crippen LogP contribution in [0, 0.1) is 0 Å². The molecule has 0 bridgehead atoms. The second kappa shape index (κ2) is 10.5. The van der Waals surface area contributed by atoms with Gasteiger partial charge >= 0.3 is 11.9 Å². The zero-order valence-corrected chi connectivity index (χ0v) is 12.1. The third kappa shape index (κ3) is 10.2. The van der Waals surface area contributed by atoms with Gasteiger partial charge < -0.3 is 9.47 Å². The summed E-state index contributed by atoms with van der Waals surface area (Å²) in [7, 11) is 0. The molecule has 0 aromatic carbocycles. The van der Waals surface area contributed by atoms with Gasteiger partial charge in [0.15, 0.2) is 11.9 Å². The molecule has 0 saturated carbocycles. The molecular formula is C14H24O5. The normalized spacial score (nSPS) is 11.7. The van der Waals surface area contributed by atoms with Crippen LogP contribution >= 0.6 is 0 Å². The first-order valence-corrected chi connectivity index (χ1v) is 6.83. The molecule has 0 saturated heterocycles. The Morgan fingerprint density at radius 3 is 2.21 bits per heavy atom. The Morgan fingerprint density at radius 2 is 1.63 bits per heavy atom. The molecule has 0 aromatic rings. The van der Waals surface area contributed by atoms with Gasteiger partial charge in [0.1, 0.15) is 0 Å². The molecule has 0 heterocycles. The van der Waals surface area contributed by atoms with Crippen LogP contribution in [0.15, 0.2) is 0 Å². The van der Waals surface area contributed by atoms with Crippen molar-refractivity contribution >= 4 is 17.7 Å². The number of ether oxygens (including phenoxy) is 2. The van der Waals surface area contributed by atoms with Crippen LogP contribution in [0.3, 0.4) is 0 Å². The predicted molar refractivity (Wildman–Crippen MR) is 70.6 cm³/mol. The fourth-order valence-electron chi connectivity index (χ4n) is 1.33. The van der Waals surface area contributed by atoms with E-state index in [1.807, 2.05) is 0 Å². The SMILES string of the molecule is CCCCCCOC(=O)CCC(=O)OC(C)C(C)=O. The van der Waals surface area contributed by atoms with Crippen LogP contribution in [-0.2, 0) is 23.9 Å². The summed E-state index contributed by atoms with van der Waals surface area (Å²) in [5.74, 6) is -1.17. The summed E-state index contributed by atoms with van der Waals surface area (Å²) in [5.41, 5.74) is 0. The van der Waals surface area contributed by atoms with Gasteiger partial charge in [0.05, 0.1) is 19.4 Å². The third-order valence-electron chi connectivity index (χ3n) is 2.67. The first-order valence-electron chi connectivity index (χ1n) is 6.83. The van der Waals surface area contributed by atoms with Gasteiger partial charge in [0.2, 0.25) is 0 Å². The third-order valence-corrected chi connectivity index (χ3v) is 2.67. The molecule has 0 spiro atoms. The zero-order chi connectivity index (χ0) is 14.7. The first kappa shape index (κ1) is 17.6. The van der Waals surface area contributed by atoms with Gasteiger partial charge in [0, 0.05) is 0 Å². The Morgan fingerprint density at radius 1 is 1.00 bits per heavy atom. The number of carbonyl (C=O) groups is 3. The van der Waals surface area contributed by atoms with Crippen LogP contribution in [-0.4, -0.2) is 30.4 Å². The van der Waals surface area contributed by atoms with Crippen LogP contribution in [0.2, 0.25) is 0 Å². The minimum atomic E-state index is -0.752. The molecular weight excluding hydrogens is 248 g/mol. The largest absolute Gasteiger partial charge is 0.466 e. The maximum atomic E-state index is 11.3. The highest BCUT2D eigenvalue weighted by molar-refractivity contribution is 5.84. The standard InChI is InChI=1S/C14H24O5/c1-4-5-6-7-10-18-13(16)8-9-14(17)19-12(3)11(2)15/h12H,4-10H2,1-3H3. The minimum Gasteiger partial charge on any atom is -0.466 e. The van der Waals surface area contributed by atoms with E-state index < -0.39 is 18.0 Å². The molecule has 110 valence electrons. The van der Waals surface area contributed by atoms with E-state index in [9.17, 15) is 14.4 Å². The fourth-order valence-corrected chi connectivity index (χ4v) is 1.33. The van der Waals surface area contributed by atoms with Crippen molar-refractivity contribution in [2.24, 2.45) is 0 Å². The molecule has 0 N–H and O–H groups in total. The Hall–Kier alpha value is -1.39. The van der Waals surface area contributed by atoms with Crippen molar-refractivity contribution in [1.82, 2.24) is 0 Å². The molecule has 1 atom stereocenters. The number of esters is 2. The molecule has 19 heavy (non-hydrogen) atoms. The van der Waals surface area contributed by atoms with E-state index in [0.717, 1.165) is 25.7 Å². The quantitative estimate of drug-likeness (QED) is 0.451. The van der Waals surface area contributed by atoms with Crippen LogP contribution < -0.4 is 0 Å². The average molecular weight is 272 g/mol. The van der Waals surface area contributed by atoms with Gasteiger partial charge in [-0.3, -0.25) is 14.4 Å². The Labute approximate surface area is 114 Å². The molecule has 5 heteroatoms. The minimum absolute atomic E-state index is 0.00274. The molecule has 0 fully saturated rings. The number of hydrogen-bond acceptors (Lipinski definition) is 5. The average Bonchev–Trinajstić information content (AvgIpc) is 2.36. The van der Waals surface area contributed by atoms with Crippen molar-refractivity contribution in [2.45, 2.75) is 65.4 Å². The summed E-state index contributed by atoms with van der Waals surface area (Å²) in [5, 5.41) is 0. The molecule has 0 aliphatic rings. The van der Waals surface area contributed by atoms with E-state index in [2.05, 4.69) is 6.92 Å². The van der Waals surface area contributed by atoms with Crippen molar-refractivity contribution in [3.63, 3.8) is 0 Å². The van der Waals surface area contributed by atoms with Crippen molar-refractivity contribution < 1.29 is 23.9 Å². The molecule has 0 aliphatic carbocycles. The van der Waals surface area contributed by atoms with Crippen LogP contribution in [0.1, 0.15) is 59.3 Å². The summed E-state index contributed by atoms with van der Waals surface area (Å²) < 4.78 is 9.80. The number of unbranched alkanes of at least 4 members (excludes halogenated alkanes) is 3. The summed E-state index contributed by atoms with van der Waals surface area (Å²) in [6.45, 7) is 5.37. The van der Waals surface area contributed by atoms with Gasteiger partial charge in [-0.15, -0.1) is 0 Å². The highest BCUT2D eigenvalue weighted by atomic mass is 16.5. The van der Waals surface area contributed by atoms with Crippen molar-refractivity contribution in [3.05, 3.63) is 0 Å². The second-order valence-electron chi connectivity index (χ2n) is 4.52. The van der Waals surface area contributed by atoms with Gasteiger partial charge in [-0.05, 0) is 20.3 Å². The number of rotatable bonds is 10. The van der Waals surface area contributed by atoms with Crippen molar-refractivity contribution in [3.8, 4) is 0 Å². The molecule has 0 rings (SSSR count). The van der Waals surface area contributed by atoms with E-state index in [1.54, 1.807) is 0 Å². The van der Waals surface area contributed by atoms with Gasteiger partial charge in [-0.1, -0.05) is 26.2 Å². The monoisotopic (exact) mass is 272 g/mol. The lowest BCUT2D eigenvalue weighted by Gasteiger charge is -2.09. The molecule has 0 amide bonds. The molecule has 0 radical (unpaired) electrons. The molecule has 1 unspecified atom stereocenters. The van der Waals surface area contributed by atoms with E-state index in [0.29, 0.717) is 6.61 Å². The van der Waals surface area contributed by atoms with Gasteiger partial charge in [-0.2, -0.15) is 0 Å². The van der Waals surface area contributed by atoms with E-state index in [-0.39, 0.29) is 18.6 Å². The van der Waals surface area contributed by atoms with Crippen molar-refractivity contribution in [1.29, 1.82) is 0 Å². The van der Waals surface area contributed by atoms with E-state index in [4.69, 9.17) is 9.47 Å². The summed E-state index contributed by atoms with van der Waals surface area (Å²) in [6, 6.07) is 0.